The number of aromatic nitrogens is 3. The number of nitrogens with zero attached hydrogens (tertiary/aromatic N) is 5. The molecule has 0 atom stereocenters. The van der Waals surface area contributed by atoms with Crippen LogP contribution >= 0.6 is 0 Å². The van der Waals surface area contributed by atoms with E-state index in [4.69, 9.17) is 9.47 Å². The minimum atomic E-state index is -3.53. The molecule has 0 aliphatic heterocycles. The van der Waals surface area contributed by atoms with Crippen molar-refractivity contribution in [1.82, 2.24) is 24.8 Å². The molecule has 11 nitrogen and oxygen atoms in total. The Labute approximate surface area is 223 Å². The van der Waals surface area contributed by atoms with Gasteiger partial charge in [0.2, 0.25) is 16.0 Å². The minimum absolute atomic E-state index is 0.159. The molecular weight excluding hydrogens is 494 g/mol. The maximum Gasteiger partial charge on any atom is 0.324 e. The highest BCUT2D eigenvalue weighted by Gasteiger charge is 2.35. The first-order valence-electron chi connectivity index (χ1n) is 12.7. The van der Waals surface area contributed by atoms with E-state index >= 15 is 0 Å². The van der Waals surface area contributed by atoms with Crippen molar-refractivity contribution < 1.29 is 17.9 Å². The molecule has 37 heavy (non-hydrogen) atoms. The number of benzene rings is 1. The lowest BCUT2D eigenvalue weighted by Gasteiger charge is -2.27. The van der Waals surface area contributed by atoms with Gasteiger partial charge in [0, 0.05) is 24.5 Å². The lowest BCUT2D eigenvalue weighted by atomic mass is 10.1. The zero-order valence-electron chi connectivity index (χ0n) is 23.8. The number of anilines is 3. The van der Waals surface area contributed by atoms with Gasteiger partial charge in [0.25, 0.3) is 0 Å². The van der Waals surface area contributed by atoms with Crippen LogP contribution in [0.5, 0.6) is 12.0 Å². The molecule has 2 aromatic rings. The van der Waals surface area contributed by atoms with Gasteiger partial charge in [-0.25, -0.2) is 8.42 Å². The van der Waals surface area contributed by atoms with Gasteiger partial charge in [0.05, 0.1) is 4.75 Å². The first kappa shape index (κ1) is 32.3. The highest BCUT2D eigenvalue weighted by molar-refractivity contribution is 7.94. The second kappa shape index (κ2) is 15.5. The molecule has 1 aromatic carbocycles. The van der Waals surface area contributed by atoms with Crippen LogP contribution in [0, 0.1) is 0 Å². The molecule has 12 heteroatoms. The Balaban J connectivity index is 0.00000334. The molecule has 1 aromatic heterocycles. The molecule has 0 aliphatic carbocycles. The molecule has 1 heterocycles. The number of ether oxygens (including phenoxy) is 2. The SMILES string of the molecule is CC.CCC(C)(CC)S(=O)(=O)Nc1ccc(Nc2nc(OCCN(C)C)nc(OCCN(C)C)n2)cc1. The normalized spacial score (nSPS) is 11.6. The van der Waals surface area contributed by atoms with E-state index in [1.165, 1.54) is 0 Å². The van der Waals surface area contributed by atoms with Crippen molar-refractivity contribution in [3.63, 3.8) is 0 Å². The molecular formula is C25H45N7O4S. The standard InChI is InChI=1S/C23H39N7O4S.C2H6/c1-8-23(3,9-2)35(31,32)28-19-12-10-18(11-13-19)24-20-25-21(33-16-14-29(4)5)27-22(26-20)34-17-15-30(6)7;1-2/h10-13,28H,8-9,14-17H2,1-7H3,(H,24,25,26,27);1-2H3. The molecule has 0 radical (unpaired) electrons. The predicted molar refractivity (Wildman–Crippen MR) is 151 cm³/mol. The van der Waals surface area contributed by atoms with Crippen LogP contribution < -0.4 is 19.5 Å². The first-order valence-corrected chi connectivity index (χ1v) is 14.2. The van der Waals surface area contributed by atoms with Crippen LogP contribution in [0.15, 0.2) is 24.3 Å². The van der Waals surface area contributed by atoms with Gasteiger partial charge >= 0.3 is 12.0 Å². The fraction of sp³-hybridized carbons (Fsp3) is 0.640. The van der Waals surface area contributed by atoms with Crippen molar-refractivity contribution in [2.75, 3.05) is 64.5 Å². The van der Waals surface area contributed by atoms with Crippen LogP contribution in [0.2, 0.25) is 0 Å². The molecule has 0 unspecified atom stereocenters. The van der Waals surface area contributed by atoms with Gasteiger partial charge in [0.1, 0.15) is 13.2 Å². The summed E-state index contributed by atoms with van der Waals surface area (Å²) < 4.78 is 38.8. The van der Waals surface area contributed by atoms with E-state index in [1.54, 1.807) is 31.2 Å². The van der Waals surface area contributed by atoms with E-state index in [0.29, 0.717) is 50.5 Å². The van der Waals surface area contributed by atoms with Crippen molar-refractivity contribution in [3.05, 3.63) is 24.3 Å². The number of likely N-dealkylation sites (N-methyl/N-ethyl adjacent to an activating group) is 2. The fourth-order valence-corrected chi connectivity index (χ4v) is 4.27. The third kappa shape index (κ3) is 10.7. The second-order valence-corrected chi connectivity index (χ2v) is 11.2. The van der Waals surface area contributed by atoms with E-state index in [1.807, 2.05) is 65.7 Å². The molecule has 0 spiro atoms. The molecule has 0 bridgehead atoms. The summed E-state index contributed by atoms with van der Waals surface area (Å²) in [6.45, 7) is 11.7. The maximum atomic E-state index is 12.8. The Kier molecular flexibility index (Phi) is 13.6. The van der Waals surface area contributed by atoms with Gasteiger partial charge in [-0.2, -0.15) is 9.97 Å². The predicted octanol–water partition coefficient (Wildman–Crippen LogP) is 3.84. The van der Waals surface area contributed by atoms with Crippen LogP contribution in [-0.4, -0.2) is 92.4 Å². The minimum Gasteiger partial charge on any atom is -0.462 e. The Hall–Kier alpha value is -2.70. The molecule has 0 fully saturated rings. The average Bonchev–Trinajstić information content (AvgIpc) is 2.85. The van der Waals surface area contributed by atoms with Gasteiger partial charge in [-0.05, 0) is 72.2 Å². The summed E-state index contributed by atoms with van der Waals surface area (Å²) >= 11 is 0. The number of sulfonamides is 1. The molecule has 210 valence electrons. The van der Waals surface area contributed by atoms with Crippen LogP contribution in [0.4, 0.5) is 17.3 Å². The Morgan fingerprint density at radius 3 is 1.65 bits per heavy atom. The number of hydrogen-bond donors (Lipinski definition) is 2. The summed E-state index contributed by atoms with van der Waals surface area (Å²) in [6, 6.07) is 7.19. The van der Waals surface area contributed by atoms with Crippen LogP contribution in [0.1, 0.15) is 47.5 Å². The summed E-state index contributed by atoms with van der Waals surface area (Å²) in [5.74, 6) is 0.262. The molecule has 2 N–H and O–H groups in total. The lowest BCUT2D eigenvalue weighted by Crippen LogP contribution is -2.38. The molecule has 0 saturated heterocycles. The highest BCUT2D eigenvalue weighted by Crippen LogP contribution is 2.28. The fourth-order valence-electron chi connectivity index (χ4n) is 2.82. The second-order valence-electron chi connectivity index (χ2n) is 8.99. The zero-order chi connectivity index (χ0) is 28.1. The Morgan fingerprint density at radius 1 is 0.811 bits per heavy atom. The zero-order valence-corrected chi connectivity index (χ0v) is 24.6. The quantitative estimate of drug-likeness (QED) is 0.345. The van der Waals surface area contributed by atoms with E-state index in [-0.39, 0.29) is 18.0 Å². The van der Waals surface area contributed by atoms with Gasteiger partial charge in [-0.15, -0.1) is 4.98 Å². The highest BCUT2D eigenvalue weighted by atomic mass is 32.2. The summed E-state index contributed by atoms with van der Waals surface area (Å²) in [6.07, 6.45) is 1.05. The van der Waals surface area contributed by atoms with Crippen LogP contribution in [-0.2, 0) is 10.0 Å². The smallest absolute Gasteiger partial charge is 0.324 e. The third-order valence-electron chi connectivity index (χ3n) is 5.67. The summed E-state index contributed by atoms with van der Waals surface area (Å²) in [5, 5.41) is 3.11. The van der Waals surface area contributed by atoms with Crippen LogP contribution in [0.25, 0.3) is 0 Å². The van der Waals surface area contributed by atoms with Crippen molar-refractivity contribution in [2.24, 2.45) is 0 Å². The maximum absolute atomic E-state index is 12.8. The summed E-state index contributed by atoms with van der Waals surface area (Å²) in [5.41, 5.74) is 1.16. The first-order chi connectivity index (χ1) is 17.5. The average molecular weight is 540 g/mol. The topological polar surface area (TPSA) is 122 Å². The van der Waals surface area contributed by atoms with E-state index in [9.17, 15) is 8.42 Å². The number of rotatable bonds is 15. The lowest BCUT2D eigenvalue weighted by molar-refractivity contribution is 0.224. The Bertz CT molecular complexity index is 996. The van der Waals surface area contributed by atoms with Crippen molar-refractivity contribution in [2.45, 2.75) is 52.2 Å². The van der Waals surface area contributed by atoms with E-state index in [0.717, 1.165) is 0 Å². The number of hydrogen-bond acceptors (Lipinski definition) is 10. The van der Waals surface area contributed by atoms with Crippen molar-refractivity contribution >= 4 is 27.3 Å². The van der Waals surface area contributed by atoms with Gasteiger partial charge < -0.3 is 24.6 Å². The summed E-state index contributed by atoms with van der Waals surface area (Å²) in [4.78, 5) is 16.9. The van der Waals surface area contributed by atoms with Gasteiger partial charge in [-0.1, -0.05) is 27.7 Å². The van der Waals surface area contributed by atoms with E-state index in [2.05, 4.69) is 25.0 Å². The van der Waals surface area contributed by atoms with Crippen LogP contribution in [0.3, 0.4) is 0 Å². The Morgan fingerprint density at radius 2 is 1.24 bits per heavy atom. The third-order valence-corrected chi connectivity index (χ3v) is 8.05. The monoisotopic (exact) mass is 539 g/mol. The summed E-state index contributed by atoms with van der Waals surface area (Å²) in [7, 11) is 4.28. The van der Waals surface area contributed by atoms with Gasteiger partial charge in [0.15, 0.2) is 0 Å². The molecule has 0 amide bonds. The largest absolute Gasteiger partial charge is 0.462 e. The van der Waals surface area contributed by atoms with E-state index < -0.39 is 14.8 Å². The number of nitrogens with one attached hydrogen (secondary N) is 2. The van der Waals surface area contributed by atoms with Crippen molar-refractivity contribution in [3.8, 4) is 12.0 Å². The molecule has 2 rings (SSSR count). The van der Waals surface area contributed by atoms with Gasteiger partial charge in [-0.3, -0.25) is 4.72 Å². The van der Waals surface area contributed by atoms with Crippen molar-refractivity contribution in [1.29, 1.82) is 0 Å². The molecule has 0 aliphatic rings. The molecule has 0 saturated carbocycles.